The molecule has 0 fully saturated rings. The minimum absolute atomic E-state index is 0.219. The van der Waals surface area contributed by atoms with Crippen molar-refractivity contribution < 1.29 is 23.5 Å². The molecule has 2 bridgehead atoms. The van der Waals surface area contributed by atoms with Crippen LogP contribution in [0.25, 0.3) is 5.65 Å². The second-order valence-corrected chi connectivity index (χ2v) is 10.3. The summed E-state index contributed by atoms with van der Waals surface area (Å²) in [5.74, 6) is 0.347. The third-order valence-electron chi connectivity index (χ3n) is 5.91. The van der Waals surface area contributed by atoms with Crippen molar-refractivity contribution in [2.24, 2.45) is 0 Å². The highest BCUT2D eigenvalue weighted by Gasteiger charge is 2.27. The molecule has 0 saturated heterocycles. The molecule has 0 unspecified atom stereocenters. The Balaban J connectivity index is 1.68. The zero-order chi connectivity index (χ0) is 26.9. The van der Waals surface area contributed by atoms with Crippen molar-refractivity contribution >= 4 is 23.5 Å². The van der Waals surface area contributed by atoms with Crippen molar-refractivity contribution in [3.63, 3.8) is 0 Å². The molecular weight excluding hydrogens is 479 g/mol. The summed E-state index contributed by atoms with van der Waals surface area (Å²) in [7, 11) is 1.63. The highest BCUT2D eigenvalue weighted by molar-refractivity contribution is 5.99. The van der Waals surface area contributed by atoms with E-state index in [0.717, 1.165) is 0 Å². The summed E-state index contributed by atoms with van der Waals surface area (Å²) >= 11 is 0. The fourth-order valence-corrected chi connectivity index (χ4v) is 4.08. The number of ether oxygens (including phenoxy) is 2. The van der Waals surface area contributed by atoms with Crippen LogP contribution in [0.15, 0.2) is 36.7 Å². The van der Waals surface area contributed by atoms with E-state index in [1.165, 1.54) is 27.7 Å². The second-order valence-electron chi connectivity index (χ2n) is 10.3. The maximum atomic E-state index is 14.2. The van der Waals surface area contributed by atoms with Gasteiger partial charge in [-0.2, -0.15) is 5.10 Å². The van der Waals surface area contributed by atoms with Gasteiger partial charge in [0, 0.05) is 31.9 Å². The van der Waals surface area contributed by atoms with E-state index in [1.807, 2.05) is 13.8 Å². The third kappa shape index (κ3) is 6.10. The Bertz CT molecular complexity index is 1300. The molecule has 0 spiro atoms. The molecule has 10 nitrogen and oxygen atoms in total. The number of carbonyl (C=O) groups excluding carboxylic acids is 2. The number of halogens is 1. The van der Waals surface area contributed by atoms with Gasteiger partial charge in [0.2, 0.25) is 0 Å². The van der Waals surface area contributed by atoms with Gasteiger partial charge in [0.1, 0.15) is 34.7 Å². The Morgan fingerprint density at radius 1 is 1.30 bits per heavy atom. The highest BCUT2D eigenvalue weighted by atomic mass is 19.1. The number of hydrogen-bond acceptors (Lipinski definition) is 7. The molecule has 3 heterocycles. The van der Waals surface area contributed by atoms with Gasteiger partial charge >= 0.3 is 6.09 Å². The number of hydrogen-bond donors (Lipinski definition) is 1. The Labute approximate surface area is 215 Å². The number of fused-ring (bicyclic) bond motifs is 2. The normalized spacial score (nSPS) is 18.2. The Morgan fingerprint density at radius 3 is 2.78 bits per heavy atom. The zero-order valence-electron chi connectivity index (χ0n) is 22.0. The van der Waals surface area contributed by atoms with Gasteiger partial charge in [-0.3, -0.25) is 4.79 Å². The molecule has 3 aromatic rings. The molecule has 198 valence electrons. The van der Waals surface area contributed by atoms with Gasteiger partial charge in [-0.25, -0.2) is 18.7 Å². The number of benzene rings is 1. The summed E-state index contributed by atoms with van der Waals surface area (Å²) in [4.78, 5) is 33.8. The number of anilines is 1. The fraction of sp³-hybridized carbons (Fsp3) is 0.462. The maximum absolute atomic E-state index is 14.2. The molecule has 2 aromatic heterocycles. The average molecular weight is 513 g/mol. The monoisotopic (exact) mass is 512 g/mol. The molecule has 37 heavy (non-hydrogen) atoms. The molecule has 1 aliphatic heterocycles. The summed E-state index contributed by atoms with van der Waals surface area (Å²) in [5, 5.41) is 7.55. The number of likely N-dealkylation sites (N-methyl/N-ethyl adjacent to an activating group) is 1. The fourth-order valence-electron chi connectivity index (χ4n) is 4.08. The van der Waals surface area contributed by atoms with E-state index in [1.54, 1.807) is 51.0 Å². The molecule has 1 aromatic carbocycles. The van der Waals surface area contributed by atoms with Crippen LogP contribution in [-0.2, 0) is 4.74 Å². The molecule has 1 N–H and O–H groups in total. The lowest BCUT2D eigenvalue weighted by atomic mass is 10.1. The van der Waals surface area contributed by atoms with Crippen LogP contribution in [0.3, 0.4) is 0 Å². The zero-order valence-corrected chi connectivity index (χ0v) is 22.0. The maximum Gasteiger partial charge on any atom is 0.410 e. The smallest absolute Gasteiger partial charge is 0.410 e. The van der Waals surface area contributed by atoms with E-state index >= 15 is 0 Å². The minimum atomic E-state index is -0.631. The van der Waals surface area contributed by atoms with Gasteiger partial charge in [0.15, 0.2) is 5.65 Å². The van der Waals surface area contributed by atoms with Crippen LogP contribution in [0, 0.1) is 5.82 Å². The van der Waals surface area contributed by atoms with E-state index in [9.17, 15) is 14.0 Å². The molecule has 2 atom stereocenters. The van der Waals surface area contributed by atoms with Crippen LogP contribution in [0.4, 0.5) is 15.0 Å². The quantitative estimate of drug-likeness (QED) is 0.563. The number of nitrogens with zero attached hydrogens (tertiary/aromatic N) is 5. The standard InChI is InChI=1S/C26H33FN6O4/c1-16-15-32(12-11-31(6)25(35)37-26(3,4)5)24(34)20-14-28-33-10-9-22(30-23(20)33)29-17(2)19-13-18(27)7-8-21(19)36-16/h7-10,13-14,16-17H,11-12,15H2,1-6H3,(H,29,30)/t16-,17-/m0/s1. The van der Waals surface area contributed by atoms with Crippen LogP contribution in [0.2, 0.25) is 0 Å². The van der Waals surface area contributed by atoms with E-state index in [-0.39, 0.29) is 37.4 Å². The first-order valence-corrected chi connectivity index (χ1v) is 12.2. The van der Waals surface area contributed by atoms with E-state index < -0.39 is 17.8 Å². The molecule has 2 amide bonds. The summed E-state index contributed by atoms with van der Waals surface area (Å²) in [6, 6.07) is 5.78. The van der Waals surface area contributed by atoms with Crippen LogP contribution in [0.1, 0.15) is 56.6 Å². The predicted octanol–water partition coefficient (Wildman–Crippen LogP) is 4.13. The van der Waals surface area contributed by atoms with Crippen molar-refractivity contribution in [1.29, 1.82) is 0 Å². The molecule has 1 aliphatic rings. The van der Waals surface area contributed by atoms with Gasteiger partial charge in [-0.15, -0.1) is 0 Å². The van der Waals surface area contributed by atoms with Gasteiger partial charge in [-0.1, -0.05) is 0 Å². The van der Waals surface area contributed by atoms with E-state index in [2.05, 4.69) is 15.4 Å². The lowest BCUT2D eigenvalue weighted by Gasteiger charge is -2.29. The molecule has 0 aliphatic carbocycles. The SMILES string of the molecule is C[C@@H]1Nc2ccn3ncc(c3n2)C(=O)N(CCN(C)C(=O)OC(C)(C)C)C[C@H](C)Oc2ccc(F)cc21. The average Bonchev–Trinajstić information content (AvgIpc) is 3.23. The minimum Gasteiger partial charge on any atom is -0.489 e. The van der Waals surface area contributed by atoms with Crippen molar-refractivity contribution in [2.45, 2.75) is 52.4 Å². The lowest BCUT2D eigenvalue weighted by molar-refractivity contribution is 0.0270. The van der Waals surface area contributed by atoms with Gasteiger partial charge in [0.05, 0.1) is 18.8 Å². The second kappa shape index (κ2) is 10.2. The Kier molecular flexibility index (Phi) is 7.24. The summed E-state index contributed by atoms with van der Waals surface area (Å²) in [5.41, 5.74) is 0.712. The molecule has 4 rings (SSSR count). The van der Waals surface area contributed by atoms with Crippen LogP contribution >= 0.6 is 0 Å². The summed E-state index contributed by atoms with van der Waals surface area (Å²) < 4.78 is 27.3. The van der Waals surface area contributed by atoms with Crippen LogP contribution in [0.5, 0.6) is 5.75 Å². The molecule has 0 radical (unpaired) electrons. The van der Waals surface area contributed by atoms with Crippen molar-refractivity contribution in [2.75, 3.05) is 32.0 Å². The third-order valence-corrected chi connectivity index (χ3v) is 5.91. The number of rotatable bonds is 3. The number of aromatic nitrogens is 3. The Hall–Kier alpha value is -3.89. The molecule has 11 heteroatoms. The van der Waals surface area contributed by atoms with E-state index in [0.29, 0.717) is 28.3 Å². The summed E-state index contributed by atoms with van der Waals surface area (Å²) in [6.07, 6.45) is 2.28. The predicted molar refractivity (Wildman–Crippen MR) is 136 cm³/mol. The first kappa shape index (κ1) is 26.2. The van der Waals surface area contributed by atoms with Crippen molar-refractivity contribution in [1.82, 2.24) is 24.4 Å². The molecular formula is C26H33FN6O4. The number of nitrogens with one attached hydrogen (secondary N) is 1. The van der Waals surface area contributed by atoms with E-state index in [4.69, 9.17) is 9.47 Å². The Morgan fingerprint density at radius 2 is 2.05 bits per heavy atom. The van der Waals surface area contributed by atoms with Gasteiger partial charge in [-0.05, 0) is 58.9 Å². The topological polar surface area (TPSA) is 101 Å². The van der Waals surface area contributed by atoms with Crippen LogP contribution in [-0.4, -0.2) is 74.8 Å². The number of carbonyl (C=O) groups is 2. The largest absolute Gasteiger partial charge is 0.489 e. The summed E-state index contributed by atoms with van der Waals surface area (Å²) in [6.45, 7) is 9.81. The van der Waals surface area contributed by atoms with Crippen molar-refractivity contribution in [3.8, 4) is 5.75 Å². The van der Waals surface area contributed by atoms with Crippen LogP contribution < -0.4 is 10.1 Å². The van der Waals surface area contributed by atoms with Gasteiger partial charge in [0.25, 0.3) is 5.91 Å². The first-order valence-electron chi connectivity index (χ1n) is 12.2. The highest BCUT2D eigenvalue weighted by Crippen LogP contribution is 2.30. The molecule has 0 saturated carbocycles. The first-order chi connectivity index (χ1) is 17.4. The lowest BCUT2D eigenvalue weighted by Crippen LogP contribution is -2.44. The van der Waals surface area contributed by atoms with Gasteiger partial charge < -0.3 is 24.6 Å². The van der Waals surface area contributed by atoms with Crippen molar-refractivity contribution in [3.05, 3.63) is 53.6 Å². The number of amides is 2.